The van der Waals surface area contributed by atoms with Crippen molar-refractivity contribution < 1.29 is 9.53 Å². The van der Waals surface area contributed by atoms with Crippen molar-refractivity contribution in [2.75, 3.05) is 5.32 Å². The van der Waals surface area contributed by atoms with Crippen LogP contribution in [-0.4, -0.2) is 26.1 Å². The highest BCUT2D eigenvalue weighted by atomic mass is 16.5. The molecule has 1 amide bonds. The van der Waals surface area contributed by atoms with Crippen LogP contribution < -0.4 is 15.6 Å². The largest absolute Gasteiger partial charge is 0.424 e. The molecule has 5 aromatic rings. The maximum Gasteiger partial charge on any atom is 0.322 e. The number of H-pyrrole nitrogens is 1. The maximum absolute atomic E-state index is 13.5. The molecule has 5 rings (SSSR count). The highest BCUT2D eigenvalue weighted by molar-refractivity contribution is 6.10. The summed E-state index contributed by atoms with van der Waals surface area (Å²) >= 11 is 0. The van der Waals surface area contributed by atoms with Crippen LogP contribution in [0.1, 0.15) is 21.7 Å². The SMILES string of the molecule is Cc1cc(C)nc(Oc2ccc(NC(=O)c3c(-c4ccccc4)c(-c4ccccc4)n[nH]c3=O)cc2)n1. The number of anilines is 1. The van der Waals surface area contributed by atoms with Crippen molar-refractivity contribution >= 4 is 11.6 Å². The second-order valence-electron chi connectivity index (χ2n) is 8.40. The van der Waals surface area contributed by atoms with Crippen molar-refractivity contribution in [3.8, 4) is 34.1 Å². The Bertz CT molecular complexity index is 1600. The number of aromatic amines is 1. The van der Waals surface area contributed by atoms with Gasteiger partial charge in [-0.1, -0.05) is 60.7 Å². The molecule has 0 unspecified atom stereocenters. The van der Waals surface area contributed by atoms with E-state index >= 15 is 0 Å². The lowest BCUT2D eigenvalue weighted by atomic mass is 9.95. The van der Waals surface area contributed by atoms with E-state index in [1.807, 2.05) is 80.6 Å². The third-order valence-electron chi connectivity index (χ3n) is 5.60. The number of rotatable bonds is 6. The predicted molar refractivity (Wildman–Crippen MR) is 142 cm³/mol. The van der Waals surface area contributed by atoms with Gasteiger partial charge in [0, 0.05) is 28.2 Å². The highest BCUT2D eigenvalue weighted by Gasteiger charge is 2.23. The average molecular weight is 490 g/mol. The van der Waals surface area contributed by atoms with Gasteiger partial charge in [-0.25, -0.2) is 15.1 Å². The first-order valence-corrected chi connectivity index (χ1v) is 11.6. The quantitative estimate of drug-likeness (QED) is 0.323. The summed E-state index contributed by atoms with van der Waals surface area (Å²) in [4.78, 5) is 34.9. The Balaban J connectivity index is 1.47. The molecule has 0 bridgehead atoms. The van der Waals surface area contributed by atoms with Gasteiger partial charge in [0.2, 0.25) is 0 Å². The number of ether oxygens (including phenoxy) is 1. The minimum absolute atomic E-state index is 0.0241. The summed E-state index contributed by atoms with van der Waals surface area (Å²) in [5, 5.41) is 9.61. The molecule has 0 atom stereocenters. The zero-order chi connectivity index (χ0) is 25.8. The first kappa shape index (κ1) is 23.6. The second kappa shape index (κ2) is 10.2. The fourth-order valence-electron chi connectivity index (χ4n) is 4.00. The molecular weight excluding hydrogens is 466 g/mol. The van der Waals surface area contributed by atoms with E-state index in [-0.39, 0.29) is 11.6 Å². The number of hydrogen-bond acceptors (Lipinski definition) is 6. The lowest BCUT2D eigenvalue weighted by Crippen LogP contribution is -2.26. The van der Waals surface area contributed by atoms with Crippen LogP contribution in [0, 0.1) is 13.8 Å². The number of aromatic nitrogens is 4. The smallest absolute Gasteiger partial charge is 0.322 e. The van der Waals surface area contributed by atoms with E-state index in [0.717, 1.165) is 17.0 Å². The summed E-state index contributed by atoms with van der Waals surface area (Å²) in [5.74, 6) is -0.0351. The molecule has 8 nitrogen and oxygen atoms in total. The molecule has 2 N–H and O–H groups in total. The minimum Gasteiger partial charge on any atom is -0.424 e. The number of carbonyl (C=O) groups excluding carboxylic acids is 1. The van der Waals surface area contributed by atoms with E-state index in [2.05, 4.69) is 25.5 Å². The van der Waals surface area contributed by atoms with Crippen molar-refractivity contribution in [2.45, 2.75) is 13.8 Å². The third kappa shape index (κ3) is 5.28. The van der Waals surface area contributed by atoms with Crippen LogP contribution >= 0.6 is 0 Å². The summed E-state index contributed by atoms with van der Waals surface area (Å²) in [6.07, 6.45) is 0. The van der Waals surface area contributed by atoms with Crippen molar-refractivity contribution in [3.63, 3.8) is 0 Å². The summed E-state index contributed by atoms with van der Waals surface area (Å²) in [5.41, 5.74) is 3.95. The van der Waals surface area contributed by atoms with Gasteiger partial charge in [-0.15, -0.1) is 0 Å². The normalized spacial score (nSPS) is 10.6. The Hall–Kier alpha value is -5.11. The number of hydrogen-bond donors (Lipinski definition) is 2. The molecule has 2 heterocycles. The summed E-state index contributed by atoms with van der Waals surface area (Å²) in [7, 11) is 0. The number of benzene rings is 3. The number of nitrogens with zero attached hydrogens (tertiary/aromatic N) is 3. The summed E-state index contributed by atoms with van der Waals surface area (Å²) in [6, 6.07) is 27.6. The van der Waals surface area contributed by atoms with Gasteiger partial charge in [0.1, 0.15) is 11.3 Å². The first-order valence-electron chi connectivity index (χ1n) is 11.6. The van der Waals surface area contributed by atoms with Gasteiger partial charge >= 0.3 is 6.01 Å². The topological polar surface area (TPSA) is 110 Å². The molecule has 182 valence electrons. The highest BCUT2D eigenvalue weighted by Crippen LogP contribution is 2.32. The van der Waals surface area contributed by atoms with Gasteiger partial charge in [0.25, 0.3) is 11.5 Å². The molecule has 37 heavy (non-hydrogen) atoms. The van der Waals surface area contributed by atoms with E-state index < -0.39 is 11.5 Å². The fraction of sp³-hybridized carbons (Fsp3) is 0.0690. The molecule has 0 aliphatic rings. The van der Waals surface area contributed by atoms with Crippen LogP contribution in [0.2, 0.25) is 0 Å². The molecule has 2 aromatic heterocycles. The Labute approximate surface area is 213 Å². The fourth-order valence-corrected chi connectivity index (χ4v) is 4.00. The van der Waals surface area contributed by atoms with E-state index in [1.165, 1.54) is 0 Å². The molecule has 8 heteroatoms. The van der Waals surface area contributed by atoms with Crippen molar-refractivity contribution in [2.24, 2.45) is 0 Å². The number of amides is 1. The van der Waals surface area contributed by atoms with Crippen LogP contribution in [0.3, 0.4) is 0 Å². The van der Waals surface area contributed by atoms with Gasteiger partial charge in [0.15, 0.2) is 0 Å². The van der Waals surface area contributed by atoms with Crippen molar-refractivity contribution in [3.05, 3.63) is 118 Å². The van der Waals surface area contributed by atoms with Crippen LogP contribution in [0.4, 0.5) is 5.69 Å². The summed E-state index contributed by atoms with van der Waals surface area (Å²) < 4.78 is 5.75. The monoisotopic (exact) mass is 489 g/mol. The lowest BCUT2D eigenvalue weighted by Gasteiger charge is -2.14. The molecule has 0 aliphatic heterocycles. The Morgan fingerprint density at radius 2 is 1.41 bits per heavy atom. The average Bonchev–Trinajstić information content (AvgIpc) is 2.90. The molecule has 0 saturated carbocycles. The number of aryl methyl sites for hydroxylation is 2. The molecule has 0 fully saturated rings. The van der Waals surface area contributed by atoms with E-state index in [1.54, 1.807) is 24.3 Å². The molecule has 0 saturated heterocycles. The van der Waals surface area contributed by atoms with Crippen molar-refractivity contribution in [1.82, 2.24) is 20.2 Å². The third-order valence-corrected chi connectivity index (χ3v) is 5.60. The second-order valence-corrected chi connectivity index (χ2v) is 8.40. The van der Waals surface area contributed by atoms with Crippen LogP contribution in [0.5, 0.6) is 11.8 Å². The van der Waals surface area contributed by atoms with Crippen LogP contribution in [-0.2, 0) is 0 Å². The van der Waals surface area contributed by atoms with E-state index in [9.17, 15) is 9.59 Å². The molecule has 0 radical (unpaired) electrons. The molecular formula is C29H23N5O3. The standard InChI is InChI=1S/C29H23N5O3/c1-18-17-19(2)31-29(30-18)37-23-15-13-22(14-16-23)32-27(35)25-24(20-9-5-3-6-10-20)26(33-34-28(25)36)21-11-7-4-8-12-21/h3-17H,1-2H3,(H,32,35)(H,34,36). The van der Waals surface area contributed by atoms with E-state index in [4.69, 9.17) is 4.74 Å². The van der Waals surface area contributed by atoms with Crippen LogP contribution in [0.15, 0.2) is 95.8 Å². The number of carbonyl (C=O) groups is 1. The molecule has 0 spiro atoms. The van der Waals surface area contributed by atoms with Gasteiger partial charge in [0.05, 0.1) is 5.69 Å². The van der Waals surface area contributed by atoms with Crippen molar-refractivity contribution in [1.29, 1.82) is 0 Å². The molecule has 0 aliphatic carbocycles. The number of nitrogens with one attached hydrogen (secondary N) is 2. The van der Waals surface area contributed by atoms with Gasteiger partial charge < -0.3 is 10.1 Å². The van der Waals surface area contributed by atoms with Gasteiger partial charge in [-0.05, 0) is 49.7 Å². The van der Waals surface area contributed by atoms with Crippen LogP contribution in [0.25, 0.3) is 22.4 Å². The van der Waals surface area contributed by atoms with Gasteiger partial charge in [-0.2, -0.15) is 5.10 Å². The Kier molecular flexibility index (Phi) is 6.54. The summed E-state index contributed by atoms with van der Waals surface area (Å²) in [6.45, 7) is 3.74. The Morgan fingerprint density at radius 1 is 0.811 bits per heavy atom. The van der Waals surface area contributed by atoms with E-state index in [0.29, 0.717) is 28.3 Å². The lowest BCUT2D eigenvalue weighted by molar-refractivity contribution is 0.102. The minimum atomic E-state index is -0.581. The first-order chi connectivity index (χ1) is 18.0. The predicted octanol–water partition coefficient (Wildman–Crippen LogP) is 5.56. The van der Waals surface area contributed by atoms with Gasteiger partial charge in [-0.3, -0.25) is 9.59 Å². The maximum atomic E-state index is 13.5. The zero-order valence-electron chi connectivity index (χ0n) is 20.2. The molecule has 3 aromatic carbocycles. The zero-order valence-corrected chi connectivity index (χ0v) is 20.2. The Morgan fingerprint density at radius 3 is 2.03 bits per heavy atom.